The average molecular weight is 318 g/mol. The number of phenols is 1. The Morgan fingerprint density at radius 2 is 1.76 bits per heavy atom. The molecule has 0 aromatic heterocycles. The fraction of sp³-hybridized carbons (Fsp3) is 0.294. The Bertz CT molecular complexity index is 581. The van der Waals surface area contributed by atoms with E-state index in [0.29, 0.717) is 22.7 Å². The second-order valence-corrected chi connectivity index (χ2v) is 7.62. The minimum absolute atomic E-state index is 0.292. The SMILES string of the molecule is Oc1c(OCc2ccccc2)cccc1C1SCCCS1. The first-order chi connectivity index (χ1) is 10.3. The van der Waals surface area contributed by atoms with Crippen molar-refractivity contribution in [3.63, 3.8) is 0 Å². The number of benzene rings is 2. The van der Waals surface area contributed by atoms with E-state index >= 15 is 0 Å². The fourth-order valence-electron chi connectivity index (χ4n) is 2.25. The Kier molecular flexibility index (Phi) is 4.99. The van der Waals surface area contributed by atoms with Crippen molar-refractivity contribution >= 4 is 23.5 Å². The monoisotopic (exact) mass is 318 g/mol. The van der Waals surface area contributed by atoms with Crippen LogP contribution in [0.1, 0.15) is 22.1 Å². The van der Waals surface area contributed by atoms with Crippen molar-refractivity contribution < 1.29 is 9.84 Å². The highest BCUT2D eigenvalue weighted by molar-refractivity contribution is 8.16. The summed E-state index contributed by atoms with van der Waals surface area (Å²) in [6.07, 6.45) is 1.25. The predicted molar refractivity (Wildman–Crippen MR) is 91.2 cm³/mol. The van der Waals surface area contributed by atoms with Gasteiger partial charge in [0.15, 0.2) is 11.5 Å². The van der Waals surface area contributed by atoms with Crippen LogP contribution in [-0.2, 0) is 6.61 Å². The molecule has 0 unspecified atom stereocenters. The van der Waals surface area contributed by atoms with E-state index in [2.05, 4.69) is 0 Å². The van der Waals surface area contributed by atoms with E-state index in [-0.39, 0.29) is 0 Å². The number of para-hydroxylation sites is 1. The lowest BCUT2D eigenvalue weighted by Gasteiger charge is -2.22. The number of hydrogen-bond acceptors (Lipinski definition) is 4. The minimum atomic E-state index is 0.292. The molecule has 21 heavy (non-hydrogen) atoms. The predicted octanol–water partition coefficient (Wildman–Crippen LogP) is 4.84. The molecule has 1 aliphatic rings. The van der Waals surface area contributed by atoms with Crippen LogP contribution in [0.15, 0.2) is 48.5 Å². The lowest BCUT2D eigenvalue weighted by atomic mass is 10.2. The van der Waals surface area contributed by atoms with Gasteiger partial charge in [0, 0.05) is 5.56 Å². The van der Waals surface area contributed by atoms with E-state index in [4.69, 9.17) is 4.74 Å². The molecule has 1 heterocycles. The minimum Gasteiger partial charge on any atom is -0.504 e. The smallest absolute Gasteiger partial charge is 0.162 e. The van der Waals surface area contributed by atoms with Gasteiger partial charge in [0.2, 0.25) is 0 Å². The molecule has 1 N–H and O–H groups in total. The Morgan fingerprint density at radius 3 is 2.52 bits per heavy atom. The van der Waals surface area contributed by atoms with Gasteiger partial charge in [0.25, 0.3) is 0 Å². The Balaban J connectivity index is 1.73. The van der Waals surface area contributed by atoms with Gasteiger partial charge in [-0.15, -0.1) is 23.5 Å². The molecule has 1 fully saturated rings. The van der Waals surface area contributed by atoms with Gasteiger partial charge in [-0.2, -0.15) is 0 Å². The highest BCUT2D eigenvalue weighted by Gasteiger charge is 2.21. The molecule has 0 bridgehead atoms. The molecular formula is C17H18O2S2. The van der Waals surface area contributed by atoms with E-state index in [1.54, 1.807) is 0 Å². The van der Waals surface area contributed by atoms with Crippen LogP contribution in [-0.4, -0.2) is 16.6 Å². The quantitative estimate of drug-likeness (QED) is 0.873. The maximum Gasteiger partial charge on any atom is 0.162 e. The van der Waals surface area contributed by atoms with Crippen LogP contribution in [0, 0.1) is 0 Å². The number of rotatable bonds is 4. The number of thioether (sulfide) groups is 2. The number of aromatic hydroxyl groups is 1. The van der Waals surface area contributed by atoms with Gasteiger partial charge >= 0.3 is 0 Å². The summed E-state index contributed by atoms with van der Waals surface area (Å²) >= 11 is 3.80. The third kappa shape index (κ3) is 3.69. The van der Waals surface area contributed by atoms with Crippen LogP contribution >= 0.6 is 23.5 Å². The zero-order valence-electron chi connectivity index (χ0n) is 11.7. The van der Waals surface area contributed by atoms with E-state index in [1.807, 2.05) is 72.1 Å². The molecule has 2 nitrogen and oxygen atoms in total. The van der Waals surface area contributed by atoms with Crippen molar-refractivity contribution in [2.75, 3.05) is 11.5 Å². The maximum absolute atomic E-state index is 10.5. The topological polar surface area (TPSA) is 29.5 Å². The van der Waals surface area contributed by atoms with Gasteiger partial charge in [-0.25, -0.2) is 0 Å². The van der Waals surface area contributed by atoms with Crippen molar-refractivity contribution in [1.82, 2.24) is 0 Å². The summed E-state index contributed by atoms with van der Waals surface area (Å²) in [6.45, 7) is 0.475. The number of hydrogen-bond donors (Lipinski definition) is 1. The van der Waals surface area contributed by atoms with Crippen LogP contribution in [0.5, 0.6) is 11.5 Å². The first-order valence-corrected chi connectivity index (χ1v) is 9.16. The molecule has 0 aliphatic carbocycles. The van der Waals surface area contributed by atoms with Gasteiger partial charge in [-0.1, -0.05) is 42.5 Å². The summed E-state index contributed by atoms with van der Waals surface area (Å²) in [6, 6.07) is 15.8. The van der Waals surface area contributed by atoms with Gasteiger partial charge in [0.05, 0.1) is 4.58 Å². The van der Waals surface area contributed by atoms with E-state index < -0.39 is 0 Å². The third-order valence-corrected chi connectivity index (χ3v) is 6.33. The third-order valence-electron chi connectivity index (χ3n) is 3.35. The summed E-state index contributed by atoms with van der Waals surface area (Å²) in [5.41, 5.74) is 2.08. The summed E-state index contributed by atoms with van der Waals surface area (Å²) in [5, 5.41) is 10.5. The first kappa shape index (κ1) is 14.7. The maximum atomic E-state index is 10.5. The molecule has 0 atom stereocenters. The Morgan fingerprint density at radius 1 is 1.00 bits per heavy atom. The number of phenolic OH excluding ortho intramolecular Hbond substituents is 1. The average Bonchev–Trinajstić information content (AvgIpc) is 2.56. The van der Waals surface area contributed by atoms with Crippen molar-refractivity contribution in [1.29, 1.82) is 0 Å². The van der Waals surface area contributed by atoms with Crippen LogP contribution in [0.2, 0.25) is 0 Å². The molecule has 0 radical (unpaired) electrons. The largest absolute Gasteiger partial charge is 0.504 e. The van der Waals surface area contributed by atoms with Crippen molar-refractivity contribution in [3.8, 4) is 11.5 Å². The van der Waals surface area contributed by atoms with Crippen molar-refractivity contribution in [2.45, 2.75) is 17.6 Å². The van der Waals surface area contributed by atoms with Crippen molar-refractivity contribution in [3.05, 3.63) is 59.7 Å². The Hall–Kier alpha value is -1.26. The Labute approximate surface area is 133 Å². The summed E-state index contributed by atoms with van der Waals surface area (Å²) < 4.78 is 6.10. The van der Waals surface area contributed by atoms with Crippen LogP contribution in [0.4, 0.5) is 0 Å². The van der Waals surface area contributed by atoms with E-state index in [0.717, 1.165) is 22.6 Å². The van der Waals surface area contributed by atoms with Crippen LogP contribution in [0.3, 0.4) is 0 Å². The molecule has 1 aliphatic heterocycles. The highest BCUT2D eigenvalue weighted by Crippen LogP contribution is 2.48. The molecule has 110 valence electrons. The van der Waals surface area contributed by atoms with Gasteiger partial charge in [-0.05, 0) is 29.6 Å². The van der Waals surface area contributed by atoms with Crippen molar-refractivity contribution in [2.24, 2.45) is 0 Å². The van der Waals surface area contributed by atoms with Crippen LogP contribution in [0.25, 0.3) is 0 Å². The lowest BCUT2D eigenvalue weighted by Crippen LogP contribution is -2.02. The van der Waals surface area contributed by atoms with Crippen LogP contribution < -0.4 is 4.74 Å². The normalized spacial score (nSPS) is 15.8. The molecular weight excluding hydrogens is 300 g/mol. The van der Waals surface area contributed by atoms with E-state index in [9.17, 15) is 5.11 Å². The molecule has 2 aromatic carbocycles. The fourth-order valence-corrected chi connectivity index (χ4v) is 5.18. The molecule has 3 rings (SSSR count). The molecule has 4 heteroatoms. The summed E-state index contributed by atoms with van der Waals surface area (Å²) in [7, 11) is 0. The second kappa shape index (κ2) is 7.14. The number of ether oxygens (including phenoxy) is 1. The lowest BCUT2D eigenvalue weighted by molar-refractivity contribution is 0.288. The molecule has 0 saturated carbocycles. The molecule has 1 saturated heterocycles. The van der Waals surface area contributed by atoms with Gasteiger partial charge in [0.1, 0.15) is 6.61 Å². The van der Waals surface area contributed by atoms with Gasteiger partial charge < -0.3 is 9.84 Å². The molecule has 0 spiro atoms. The zero-order valence-corrected chi connectivity index (χ0v) is 13.3. The summed E-state index contributed by atoms with van der Waals surface area (Å²) in [5.74, 6) is 3.18. The summed E-state index contributed by atoms with van der Waals surface area (Å²) in [4.78, 5) is 0. The second-order valence-electron chi connectivity index (χ2n) is 4.90. The van der Waals surface area contributed by atoms with Gasteiger partial charge in [-0.3, -0.25) is 0 Å². The van der Waals surface area contributed by atoms with E-state index in [1.165, 1.54) is 6.42 Å². The zero-order chi connectivity index (χ0) is 14.5. The molecule has 0 amide bonds. The molecule has 2 aromatic rings. The first-order valence-electron chi connectivity index (χ1n) is 7.06. The standard InChI is InChI=1S/C17H18O2S2/c18-16-14(17-20-10-5-11-21-17)8-4-9-15(16)19-12-13-6-2-1-3-7-13/h1-4,6-9,17-18H,5,10-12H2. The highest BCUT2D eigenvalue weighted by atomic mass is 32.2.